The molecular formula is C24H36ClNO3. The highest BCUT2D eigenvalue weighted by Crippen LogP contribution is 2.34. The van der Waals surface area contributed by atoms with E-state index in [4.69, 9.17) is 11.6 Å². The number of para-hydroxylation sites is 1. The van der Waals surface area contributed by atoms with E-state index >= 15 is 0 Å². The Bertz CT molecular complexity index is 743. The molecule has 2 N–H and O–H groups in total. The van der Waals surface area contributed by atoms with Gasteiger partial charge in [0.2, 0.25) is 0 Å². The Labute approximate surface area is 179 Å². The SMILES string of the molecule is CCCCCCCCCCCCC(Cl)C(CC(=O)O)n1cc(O)c2ccccc21. The summed E-state index contributed by atoms with van der Waals surface area (Å²) in [5.41, 5.74) is 0.824. The van der Waals surface area contributed by atoms with Gasteiger partial charge in [-0.2, -0.15) is 0 Å². The fraction of sp³-hybridized carbons (Fsp3) is 0.625. The van der Waals surface area contributed by atoms with Crippen molar-refractivity contribution in [2.75, 3.05) is 0 Å². The first-order valence-corrected chi connectivity index (χ1v) is 11.6. The van der Waals surface area contributed by atoms with Crippen molar-refractivity contribution in [3.63, 3.8) is 0 Å². The second kappa shape index (κ2) is 12.8. The van der Waals surface area contributed by atoms with Gasteiger partial charge in [-0.15, -0.1) is 11.6 Å². The highest BCUT2D eigenvalue weighted by molar-refractivity contribution is 6.21. The van der Waals surface area contributed by atoms with Crippen molar-refractivity contribution < 1.29 is 15.0 Å². The molecule has 0 aliphatic rings. The molecule has 1 aromatic carbocycles. The van der Waals surface area contributed by atoms with Crippen LogP contribution in [0.3, 0.4) is 0 Å². The number of aliphatic carboxylic acids is 1. The quantitative estimate of drug-likeness (QED) is 0.234. The van der Waals surface area contributed by atoms with Crippen LogP contribution in [-0.2, 0) is 4.79 Å². The molecule has 0 saturated carbocycles. The minimum atomic E-state index is -0.874. The number of halogens is 1. The molecule has 1 heterocycles. The van der Waals surface area contributed by atoms with Crippen molar-refractivity contribution in [2.45, 2.75) is 95.4 Å². The molecule has 0 radical (unpaired) electrons. The lowest BCUT2D eigenvalue weighted by Crippen LogP contribution is -2.22. The number of carboxylic acids is 1. The van der Waals surface area contributed by atoms with Crippen molar-refractivity contribution in [3.05, 3.63) is 30.5 Å². The molecule has 0 bridgehead atoms. The van der Waals surface area contributed by atoms with E-state index in [1.165, 1.54) is 51.4 Å². The molecule has 162 valence electrons. The van der Waals surface area contributed by atoms with Crippen LogP contribution < -0.4 is 0 Å². The molecule has 2 atom stereocenters. The van der Waals surface area contributed by atoms with E-state index in [1.54, 1.807) is 6.20 Å². The van der Waals surface area contributed by atoms with Gasteiger partial charge in [-0.25, -0.2) is 0 Å². The highest BCUT2D eigenvalue weighted by Gasteiger charge is 2.25. The van der Waals surface area contributed by atoms with E-state index in [9.17, 15) is 15.0 Å². The van der Waals surface area contributed by atoms with Gasteiger partial charge >= 0.3 is 5.97 Å². The van der Waals surface area contributed by atoms with Crippen LogP contribution in [0.2, 0.25) is 0 Å². The fourth-order valence-corrected chi connectivity index (χ4v) is 4.42. The summed E-state index contributed by atoms with van der Waals surface area (Å²) in [6, 6.07) is 7.11. The number of hydrogen-bond acceptors (Lipinski definition) is 2. The molecule has 0 saturated heterocycles. The van der Waals surface area contributed by atoms with Crippen molar-refractivity contribution in [3.8, 4) is 5.75 Å². The Morgan fingerprint density at radius 1 is 1.00 bits per heavy atom. The Balaban J connectivity index is 1.82. The lowest BCUT2D eigenvalue weighted by Gasteiger charge is -2.23. The smallest absolute Gasteiger partial charge is 0.305 e. The number of benzene rings is 1. The van der Waals surface area contributed by atoms with Crippen LogP contribution in [0.25, 0.3) is 10.9 Å². The molecule has 2 rings (SSSR count). The predicted molar refractivity (Wildman–Crippen MR) is 121 cm³/mol. The number of nitrogens with zero attached hydrogens (tertiary/aromatic N) is 1. The Morgan fingerprint density at radius 3 is 2.21 bits per heavy atom. The van der Waals surface area contributed by atoms with Crippen LogP contribution >= 0.6 is 11.6 Å². The van der Waals surface area contributed by atoms with Crippen LogP contribution in [0.1, 0.15) is 90.0 Å². The topological polar surface area (TPSA) is 62.5 Å². The van der Waals surface area contributed by atoms with Crippen molar-refractivity contribution >= 4 is 28.5 Å². The van der Waals surface area contributed by atoms with Crippen molar-refractivity contribution in [1.82, 2.24) is 4.57 Å². The maximum Gasteiger partial charge on any atom is 0.305 e. The summed E-state index contributed by atoms with van der Waals surface area (Å²) in [4.78, 5) is 11.4. The third kappa shape index (κ3) is 7.58. The first-order chi connectivity index (χ1) is 14.0. The molecule has 5 heteroatoms. The average molecular weight is 422 g/mol. The average Bonchev–Trinajstić information content (AvgIpc) is 3.04. The molecule has 29 heavy (non-hydrogen) atoms. The van der Waals surface area contributed by atoms with E-state index < -0.39 is 5.97 Å². The minimum absolute atomic E-state index is 0.0515. The number of carboxylic acid groups (broad SMARTS) is 1. The van der Waals surface area contributed by atoms with Gasteiger partial charge in [0.25, 0.3) is 0 Å². The normalized spacial score (nSPS) is 13.6. The number of aromatic nitrogens is 1. The number of fused-ring (bicyclic) bond motifs is 1. The molecule has 0 fully saturated rings. The molecule has 4 nitrogen and oxygen atoms in total. The van der Waals surface area contributed by atoms with Crippen LogP contribution in [0.4, 0.5) is 0 Å². The van der Waals surface area contributed by atoms with Gasteiger partial charge in [0.1, 0.15) is 5.75 Å². The maximum absolute atomic E-state index is 11.4. The van der Waals surface area contributed by atoms with Gasteiger partial charge in [0.15, 0.2) is 0 Å². The molecule has 2 unspecified atom stereocenters. The number of rotatable bonds is 15. The minimum Gasteiger partial charge on any atom is -0.506 e. The standard InChI is InChI=1S/C24H36ClNO3/c1-2-3-4-5-6-7-8-9-10-11-15-20(25)22(17-24(28)29)26-18-23(27)19-14-12-13-16-21(19)26/h12-14,16,18,20,22,27H,2-11,15,17H2,1H3,(H,28,29). The Morgan fingerprint density at radius 2 is 1.59 bits per heavy atom. The van der Waals surface area contributed by atoms with Crippen LogP contribution in [-0.4, -0.2) is 26.1 Å². The zero-order valence-electron chi connectivity index (χ0n) is 17.7. The summed E-state index contributed by atoms with van der Waals surface area (Å²) in [5.74, 6) is -0.709. The Kier molecular flexibility index (Phi) is 10.4. The second-order valence-corrected chi connectivity index (χ2v) is 8.65. The van der Waals surface area contributed by atoms with Crippen molar-refractivity contribution in [2.24, 2.45) is 0 Å². The molecule has 1 aromatic heterocycles. The number of unbranched alkanes of at least 4 members (excludes halogenated alkanes) is 9. The lowest BCUT2D eigenvalue weighted by molar-refractivity contribution is -0.137. The summed E-state index contributed by atoms with van der Waals surface area (Å²) < 4.78 is 1.84. The summed E-state index contributed by atoms with van der Waals surface area (Å²) in [6.07, 6.45) is 15.0. The number of hydrogen-bond donors (Lipinski definition) is 2. The van der Waals surface area contributed by atoms with Gasteiger partial charge < -0.3 is 14.8 Å². The molecule has 0 aliphatic heterocycles. The lowest BCUT2D eigenvalue weighted by atomic mass is 10.0. The largest absolute Gasteiger partial charge is 0.506 e. The van der Waals surface area contributed by atoms with Gasteiger partial charge in [-0.05, 0) is 18.6 Å². The monoisotopic (exact) mass is 421 g/mol. The molecule has 0 spiro atoms. The van der Waals surface area contributed by atoms with E-state index in [2.05, 4.69) is 6.92 Å². The summed E-state index contributed by atoms with van der Waals surface area (Å²) in [6.45, 7) is 2.24. The van der Waals surface area contributed by atoms with Crippen LogP contribution in [0.15, 0.2) is 30.5 Å². The molecule has 0 aliphatic carbocycles. The number of alkyl halides is 1. The zero-order chi connectivity index (χ0) is 21.1. The van der Waals surface area contributed by atoms with E-state index in [0.717, 1.165) is 30.2 Å². The number of aromatic hydroxyl groups is 1. The second-order valence-electron chi connectivity index (χ2n) is 8.09. The first kappa shape index (κ1) is 23.6. The molecule has 0 amide bonds. The van der Waals surface area contributed by atoms with Gasteiger partial charge in [-0.1, -0.05) is 83.3 Å². The van der Waals surface area contributed by atoms with Gasteiger partial charge in [-0.3, -0.25) is 4.79 Å². The van der Waals surface area contributed by atoms with E-state index in [1.807, 2.05) is 28.8 Å². The van der Waals surface area contributed by atoms with E-state index in [0.29, 0.717) is 0 Å². The summed E-state index contributed by atoms with van der Waals surface area (Å²) >= 11 is 6.68. The van der Waals surface area contributed by atoms with Gasteiger partial charge in [0.05, 0.1) is 23.4 Å². The zero-order valence-corrected chi connectivity index (χ0v) is 18.4. The predicted octanol–water partition coefficient (Wildman–Crippen LogP) is 7.28. The fourth-order valence-electron chi connectivity index (χ4n) is 4.06. The molecule has 2 aromatic rings. The van der Waals surface area contributed by atoms with Crippen LogP contribution in [0, 0.1) is 0 Å². The third-order valence-corrected chi connectivity index (χ3v) is 6.22. The first-order valence-electron chi connectivity index (χ1n) is 11.2. The summed E-state index contributed by atoms with van der Waals surface area (Å²) in [5, 5.41) is 20.0. The van der Waals surface area contributed by atoms with Crippen molar-refractivity contribution in [1.29, 1.82) is 0 Å². The number of carbonyl (C=O) groups is 1. The van der Waals surface area contributed by atoms with Crippen LogP contribution in [0.5, 0.6) is 5.75 Å². The highest BCUT2D eigenvalue weighted by atomic mass is 35.5. The third-order valence-electron chi connectivity index (χ3n) is 5.71. The summed E-state index contributed by atoms with van der Waals surface area (Å²) in [7, 11) is 0. The van der Waals surface area contributed by atoms with Gasteiger partial charge in [0, 0.05) is 11.6 Å². The maximum atomic E-state index is 11.4. The Hall–Kier alpha value is -1.68. The molecular weight excluding hydrogens is 386 g/mol. The van der Waals surface area contributed by atoms with E-state index in [-0.39, 0.29) is 23.6 Å².